The minimum Gasteiger partial charge on any atom is -0.461 e. The lowest BCUT2D eigenvalue weighted by atomic mass is 10.4. The fraction of sp³-hybridized carbons (Fsp3) is 0.500. The summed E-state index contributed by atoms with van der Waals surface area (Å²) in [6.45, 7) is 3.36. The number of carbonyl (C=O) groups is 2. The van der Waals surface area contributed by atoms with Crippen LogP contribution in [0.4, 0.5) is 5.82 Å². The van der Waals surface area contributed by atoms with Gasteiger partial charge >= 0.3 is 5.97 Å². The summed E-state index contributed by atoms with van der Waals surface area (Å²) >= 11 is 1.39. The molecule has 0 bridgehead atoms. The summed E-state index contributed by atoms with van der Waals surface area (Å²) in [4.78, 5) is 27.0. The van der Waals surface area contributed by atoms with E-state index in [-0.39, 0.29) is 24.0 Å². The number of thioether (sulfide) groups is 1. The van der Waals surface area contributed by atoms with E-state index in [1.165, 1.54) is 18.7 Å². The molecule has 0 aliphatic carbocycles. The average Bonchev–Trinajstić information content (AvgIpc) is 2.54. The van der Waals surface area contributed by atoms with Crippen LogP contribution in [0.25, 0.3) is 0 Å². The minimum atomic E-state index is -0.494. The Morgan fingerprint density at radius 1 is 1.53 bits per heavy atom. The third-order valence-corrected chi connectivity index (χ3v) is 2.73. The molecular weight excluding hydrogens is 242 g/mol. The van der Waals surface area contributed by atoms with Crippen molar-refractivity contribution in [3.8, 4) is 0 Å². The van der Waals surface area contributed by atoms with Crippen LogP contribution in [0.2, 0.25) is 0 Å². The van der Waals surface area contributed by atoms with Crippen LogP contribution in [0.3, 0.4) is 0 Å². The number of aromatic nitrogens is 2. The van der Waals surface area contributed by atoms with E-state index in [1.54, 1.807) is 18.5 Å². The highest BCUT2D eigenvalue weighted by molar-refractivity contribution is 7.98. The number of imidazole rings is 1. The molecule has 0 spiro atoms. The summed E-state index contributed by atoms with van der Waals surface area (Å²) in [6, 6.07) is 0. The quantitative estimate of drug-likeness (QED) is 0.649. The Kier molecular flexibility index (Phi) is 4.56. The van der Waals surface area contributed by atoms with Gasteiger partial charge in [-0.2, -0.15) is 0 Å². The molecule has 0 atom stereocenters. The summed E-state index contributed by atoms with van der Waals surface area (Å²) in [7, 11) is 1.70. The normalized spacial score (nSPS) is 10.1. The molecule has 0 saturated heterocycles. The second-order valence-corrected chi connectivity index (χ2v) is 4.03. The van der Waals surface area contributed by atoms with E-state index < -0.39 is 5.97 Å². The number of esters is 1. The molecular formula is C10H15N3O3S. The Labute approximate surface area is 104 Å². The van der Waals surface area contributed by atoms with Crippen LogP contribution in [0.5, 0.6) is 0 Å². The minimum absolute atomic E-state index is 0.239. The van der Waals surface area contributed by atoms with E-state index in [4.69, 9.17) is 4.74 Å². The van der Waals surface area contributed by atoms with Crippen molar-refractivity contribution < 1.29 is 14.3 Å². The summed E-state index contributed by atoms with van der Waals surface area (Å²) in [6.07, 6.45) is 1.84. The van der Waals surface area contributed by atoms with E-state index >= 15 is 0 Å². The summed E-state index contributed by atoms with van der Waals surface area (Å²) in [5.41, 5.74) is 0.256. The third kappa shape index (κ3) is 3.00. The molecule has 1 rings (SSSR count). The van der Waals surface area contributed by atoms with Gasteiger partial charge in [0.15, 0.2) is 16.7 Å². The van der Waals surface area contributed by atoms with Gasteiger partial charge in [-0.05, 0) is 13.2 Å². The molecule has 6 nitrogen and oxygen atoms in total. The molecule has 1 heterocycles. The van der Waals surface area contributed by atoms with Crippen LogP contribution in [0.1, 0.15) is 24.3 Å². The van der Waals surface area contributed by atoms with Crippen molar-refractivity contribution in [1.29, 1.82) is 0 Å². The van der Waals surface area contributed by atoms with E-state index in [0.29, 0.717) is 5.16 Å². The van der Waals surface area contributed by atoms with Gasteiger partial charge in [0.25, 0.3) is 0 Å². The lowest BCUT2D eigenvalue weighted by molar-refractivity contribution is -0.114. The summed E-state index contributed by atoms with van der Waals surface area (Å²) in [5, 5.41) is 3.16. The lowest BCUT2D eigenvalue weighted by Gasteiger charge is -2.05. The summed E-state index contributed by atoms with van der Waals surface area (Å²) < 4.78 is 6.53. The molecule has 0 aliphatic rings. The zero-order valence-corrected chi connectivity index (χ0v) is 11.1. The van der Waals surface area contributed by atoms with Crippen LogP contribution >= 0.6 is 11.8 Å². The number of ether oxygens (including phenoxy) is 1. The first-order valence-corrected chi connectivity index (χ1v) is 6.29. The van der Waals surface area contributed by atoms with Gasteiger partial charge in [-0.3, -0.25) is 4.79 Å². The zero-order chi connectivity index (χ0) is 13.0. The van der Waals surface area contributed by atoms with Gasteiger partial charge in [-0.15, -0.1) is 0 Å². The SMILES string of the molecule is CCOC(=O)c1c(NC(C)=O)nc(SC)n1C. The molecule has 0 fully saturated rings. The average molecular weight is 257 g/mol. The van der Waals surface area contributed by atoms with Crippen molar-refractivity contribution in [2.24, 2.45) is 7.05 Å². The second kappa shape index (κ2) is 5.72. The van der Waals surface area contributed by atoms with Crippen LogP contribution in [0.15, 0.2) is 5.16 Å². The standard InChI is InChI=1S/C10H15N3O3S/c1-5-16-9(15)7-8(11-6(2)14)12-10(17-4)13(7)3/h5H2,1-4H3,(H,11,14). The van der Waals surface area contributed by atoms with Crippen molar-refractivity contribution in [3.63, 3.8) is 0 Å². The molecule has 94 valence electrons. The Morgan fingerprint density at radius 3 is 2.65 bits per heavy atom. The van der Waals surface area contributed by atoms with Crippen LogP contribution in [-0.4, -0.2) is 34.3 Å². The Balaban J connectivity index is 3.18. The van der Waals surface area contributed by atoms with Gasteiger partial charge in [0.1, 0.15) is 0 Å². The first kappa shape index (κ1) is 13.6. The number of amides is 1. The molecule has 1 amide bonds. The predicted octanol–water partition coefficient (Wildman–Crippen LogP) is 1.28. The van der Waals surface area contributed by atoms with Crippen LogP contribution < -0.4 is 5.32 Å². The Bertz CT molecular complexity index is 442. The van der Waals surface area contributed by atoms with Crippen molar-refractivity contribution in [1.82, 2.24) is 9.55 Å². The maximum Gasteiger partial charge on any atom is 0.358 e. The van der Waals surface area contributed by atoms with Gasteiger partial charge in [0, 0.05) is 14.0 Å². The van der Waals surface area contributed by atoms with Gasteiger partial charge in [0.2, 0.25) is 5.91 Å². The highest BCUT2D eigenvalue weighted by atomic mass is 32.2. The Hall–Kier alpha value is -1.50. The lowest BCUT2D eigenvalue weighted by Crippen LogP contribution is -2.15. The number of rotatable bonds is 4. The number of anilines is 1. The van der Waals surface area contributed by atoms with E-state index in [0.717, 1.165) is 0 Å². The van der Waals surface area contributed by atoms with E-state index in [9.17, 15) is 9.59 Å². The van der Waals surface area contributed by atoms with E-state index in [1.807, 2.05) is 6.26 Å². The smallest absolute Gasteiger partial charge is 0.358 e. The highest BCUT2D eigenvalue weighted by Crippen LogP contribution is 2.22. The molecule has 0 radical (unpaired) electrons. The molecule has 1 aromatic rings. The first-order valence-electron chi connectivity index (χ1n) is 5.06. The van der Waals surface area contributed by atoms with Crippen molar-refractivity contribution in [2.75, 3.05) is 18.2 Å². The van der Waals surface area contributed by atoms with Crippen molar-refractivity contribution in [2.45, 2.75) is 19.0 Å². The largest absolute Gasteiger partial charge is 0.461 e. The molecule has 0 aliphatic heterocycles. The monoisotopic (exact) mass is 257 g/mol. The molecule has 7 heteroatoms. The van der Waals surface area contributed by atoms with Crippen LogP contribution in [-0.2, 0) is 16.6 Å². The number of carbonyl (C=O) groups excluding carboxylic acids is 2. The molecule has 17 heavy (non-hydrogen) atoms. The second-order valence-electron chi connectivity index (χ2n) is 3.26. The number of nitrogens with one attached hydrogen (secondary N) is 1. The maximum atomic E-state index is 11.8. The fourth-order valence-corrected chi connectivity index (χ4v) is 1.90. The number of hydrogen-bond acceptors (Lipinski definition) is 5. The number of hydrogen-bond donors (Lipinski definition) is 1. The van der Waals surface area contributed by atoms with Gasteiger partial charge in [-0.1, -0.05) is 11.8 Å². The van der Waals surface area contributed by atoms with Crippen molar-refractivity contribution >= 4 is 29.5 Å². The van der Waals surface area contributed by atoms with Gasteiger partial charge < -0.3 is 14.6 Å². The predicted molar refractivity (Wildman–Crippen MR) is 65.2 cm³/mol. The summed E-state index contributed by atoms with van der Waals surface area (Å²) in [5.74, 6) is -0.532. The molecule has 0 unspecified atom stereocenters. The fourth-order valence-electron chi connectivity index (χ4n) is 1.35. The maximum absolute atomic E-state index is 11.8. The number of nitrogens with zero attached hydrogens (tertiary/aromatic N) is 2. The molecule has 1 aromatic heterocycles. The molecule has 0 saturated carbocycles. The third-order valence-electron chi connectivity index (χ3n) is 2.00. The first-order chi connectivity index (χ1) is 8.01. The highest BCUT2D eigenvalue weighted by Gasteiger charge is 2.22. The zero-order valence-electron chi connectivity index (χ0n) is 10.2. The molecule has 1 N–H and O–H groups in total. The van der Waals surface area contributed by atoms with Crippen LogP contribution in [0, 0.1) is 0 Å². The van der Waals surface area contributed by atoms with Gasteiger partial charge in [0.05, 0.1) is 6.61 Å². The van der Waals surface area contributed by atoms with Crippen molar-refractivity contribution in [3.05, 3.63) is 5.69 Å². The topological polar surface area (TPSA) is 73.2 Å². The molecule has 0 aromatic carbocycles. The van der Waals surface area contributed by atoms with Gasteiger partial charge in [-0.25, -0.2) is 9.78 Å². The van der Waals surface area contributed by atoms with E-state index in [2.05, 4.69) is 10.3 Å². The Morgan fingerprint density at radius 2 is 2.18 bits per heavy atom.